The minimum atomic E-state index is -0.680. The Labute approximate surface area is 128 Å². The number of ether oxygens (including phenoxy) is 1. The Bertz CT molecular complexity index is 814. The van der Waals surface area contributed by atoms with Crippen LogP contribution in [0.2, 0.25) is 0 Å². The zero-order chi connectivity index (χ0) is 15.4. The Hall–Kier alpha value is -3.32. The summed E-state index contributed by atoms with van der Waals surface area (Å²) in [5, 5.41) is 12.4. The first-order valence-electron chi connectivity index (χ1n) is 6.73. The number of esters is 1. The van der Waals surface area contributed by atoms with Crippen molar-refractivity contribution in [2.24, 2.45) is 0 Å². The molecule has 1 aliphatic rings. The molecule has 0 amide bonds. The van der Waals surface area contributed by atoms with E-state index in [1.807, 2.05) is 42.5 Å². The zero-order valence-electron chi connectivity index (χ0n) is 11.6. The predicted octanol–water partition coefficient (Wildman–Crippen LogP) is 3.51. The number of rotatable bonds is 2. The minimum absolute atomic E-state index is 0.0605. The molecule has 3 rings (SSSR count). The van der Waals surface area contributed by atoms with E-state index < -0.39 is 5.97 Å². The summed E-state index contributed by atoms with van der Waals surface area (Å²) in [6.07, 6.45) is 3.56. The lowest BCUT2D eigenvalue weighted by atomic mass is 10.1. The van der Waals surface area contributed by atoms with Crippen molar-refractivity contribution in [2.75, 3.05) is 5.32 Å². The van der Waals surface area contributed by atoms with E-state index in [-0.39, 0.29) is 5.57 Å². The molecule has 1 N–H and O–H groups in total. The molecule has 0 spiro atoms. The first-order valence-corrected chi connectivity index (χ1v) is 6.73. The lowest BCUT2D eigenvalue weighted by molar-refractivity contribution is -0.129. The Balaban J connectivity index is 1.89. The number of nitrogens with zero attached hydrogens (tertiary/aromatic N) is 1. The molecule has 0 atom stereocenters. The lowest BCUT2D eigenvalue weighted by Crippen LogP contribution is -2.16. The second-order valence-electron chi connectivity index (χ2n) is 4.65. The number of allylic oxidation sites excluding steroid dienone is 1. The molecule has 1 heterocycles. The molecule has 0 saturated heterocycles. The van der Waals surface area contributed by atoms with Gasteiger partial charge in [-0.25, -0.2) is 4.79 Å². The lowest BCUT2D eigenvalue weighted by Gasteiger charge is -2.16. The Kier molecular flexibility index (Phi) is 3.71. The number of hydrogen-bond acceptors (Lipinski definition) is 4. The van der Waals surface area contributed by atoms with Crippen LogP contribution in [0.4, 0.5) is 5.69 Å². The van der Waals surface area contributed by atoms with E-state index in [9.17, 15) is 10.1 Å². The average molecular weight is 288 g/mol. The summed E-state index contributed by atoms with van der Waals surface area (Å²) in [7, 11) is 0. The fraction of sp³-hybridized carbons (Fsp3) is 0. The van der Waals surface area contributed by atoms with E-state index in [2.05, 4.69) is 5.32 Å². The van der Waals surface area contributed by atoms with Crippen LogP contribution in [-0.4, -0.2) is 5.97 Å². The largest absolute Gasteiger partial charge is 0.422 e. The molecule has 4 heteroatoms. The Morgan fingerprint density at radius 2 is 1.73 bits per heavy atom. The third-order valence-corrected chi connectivity index (χ3v) is 3.20. The number of nitriles is 1. The molecule has 0 bridgehead atoms. The smallest absolute Gasteiger partial charge is 0.356 e. The topological polar surface area (TPSA) is 62.1 Å². The summed E-state index contributed by atoms with van der Waals surface area (Å²) in [4.78, 5) is 12.2. The molecule has 0 aromatic heterocycles. The van der Waals surface area contributed by atoms with Crippen LogP contribution >= 0.6 is 0 Å². The zero-order valence-corrected chi connectivity index (χ0v) is 11.6. The van der Waals surface area contributed by atoms with Crippen LogP contribution in [0.1, 0.15) is 5.56 Å². The van der Waals surface area contributed by atoms with Gasteiger partial charge in [0, 0.05) is 5.69 Å². The summed E-state index contributed by atoms with van der Waals surface area (Å²) in [5.41, 5.74) is 2.22. The molecule has 0 aliphatic carbocycles. The molecular formula is C18H12N2O2. The fourth-order valence-electron chi connectivity index (χ4n) is 2.12. The van der Waals surface area contributed by atoms with Crippen LogP contribution < -0.4 is 10.1 Å². The van der Waals surface area contributed by atoms with Gasteiger partial charge in [-0.1, -0.05) is 42.5 Å². The number of carbonyl (C=O) groups excluding carboxylic acids is 1. The van der Waals surface area contributed by atoms with Gasteiger partial charge >= 0.3 is 5.97 Å². The number of anilines is 1. The minimum Gasteiger partial charge on any atom is -0.422 e. The summed E-state index contributed by atoms with van der Waals surface area (Å²) in [6, 6.07) is 18.2. The molecule has 0 saturated carbocycles. The standard InChI is InChI=1S/C18H12N2O2/c19-12-15(18(21)22-14-7-2-1-3-8-14)17-11-10-13-6-4-5-9-16(13)20-17/h1-11,20H. The van der Waals surface area contributed by atoms with Gasteiger partial charge < -0.3 is 10.1 Å². The van der Waals surface area contributed by atoms with E-state index in [1.54, 1.807) is 30.3 Å². The van der Waals surface area contributed by atoms with Crippen LogP contribution in [0.15, 0.2) is 71.9 Å². The summed E-state index contributed by atoms with van der Waals surface area (Å²) in [6.45, 7) is 0. The summed E-state index contributed by atoms with van der Waals surface area (Å²) >= 11 is 0. The monoisotopic (exact) mass is 288 g/mol. The molecule has 2 aromatic rings. The number of fused-ring (bicyclic) bond motifs is 1. The van der Waals surface area contributed by atoms with Crippen molar-refractivity contribution in [3.8, 4) is 11.8 Å². The highest BCUT2D eigenvalue weighted by molar-refractivity contribution is 5.97. The fourth-order valence-corrected chi connectivity index (χ4v) is 2.12. The van der Waals surface area contributed by atoms with Crippen LogP contribution in [0.3, 0.4) is 0 Å². The number of para-hydroxylation sites is 2. The van der Waals surface area contributed by atoms with Gasteiger partial charge in [-0.05, 0) is 29.8 Å². The van der Waals surface area contributed by atoms with Crippen LogP contribution in [-0.2, 0) is 4.79 Å². The maximum absolute atomic E-state index is 12.2. The molecule has 1 aliphatic heterocycles. The van der Waals surface area contributed by atoms with E-state index in [4.69, 9.17) is 4.74 Å². The quantitative estimate of drug-likeness (QED) is 0.397. The van der Waals surface area contributed by atoms with E-state index in [0.717, 1.165) is 11.3 Å². The second kappa shape index (κ2) is 5.98. The van der Waals surface area contributed by atoms with E-state index in [1.165, 1.54) is 0 Å². The molecule has 2 aromatic carbocycles. The maximum atomic E-state index is 12.2. The molecule has 0 radical (unpaired) electrons. The van der Waals surface area contributed by atoms with Crippen molar-refractivity contribution < 1.29 is 9.53 Å². The van der Waals surface area contributed by atoms with Gasteiger partial charge in [-0.3, -0.25) is 0 Å². The van der Waals surface area contributed by atoms with Crippen molar-refractivity contribution in [3.63, 3.8) is 0 Å². The second-order valence-corrected chi connectivity index (χ2v) is 4.65. The number of carbonyl (C=O) groups is 1. The number of nitrogens with one attached hydrogen (secondary N) is 1. The molecule has 106 valence electrons. The van der Waals surface area contributed by atoms with Gasteiger partial charge in [0.15, 0.2) is 5.57 Å². The molecule has 0 fully saturated rings. The van der Waals surface area contributed by atoms with Crippen molar-refractivity contribution in [1.29, 1.82) is 5.26 Å². The highest BCUT2D eigenvalue weighted by atomic mass is 16.5. The highest BCUT2D eigenvalue weighted by Crippen LogP contribution is 2.26. The van der Waals surface area contributed by atoms with Gasteiger partial charge in [0.05, 0.1) is 5.70 Å². The predicted molar refractivity (Wildman–Crippen MR) is 83.8 cm³/mol. The van der Waals surface area contributed by atoms with Gasteiger partial charge in [-0.2, -0.15) is 5.26 Å². The van der Waals surface area contributed by atoms with E-state index >= 15 is 0 Å². The van der Waals surface area contributed by atoms with Gasteiger partial charge in [-0.15, -0.1) is 0 Å². The Morgan fingerprint density at radius 3 is 2.50 bits per heavy atom. The van der Waals surface area contributed by atoms with Crippen molar-refractivity contribution >= 4 is 17.7 Å². The maximum Gasteiger partial charge on any atom is 0.356 e. The Morgan fingerprint density at radius 1 is 1.00 bits per heavy atom. The first-order chi connectivity index (χ1) is 10.8. The van der Waals surface area contributed by atoms with E-state index in [0.29, 0.717) is 11.4 Å². The first kappa shape index (κ1) is 13.7. The molecule has 4 nitrogen and oxygen atoms in total. The molecular weight excluding hydrogens is 276 g/mol. The van der Waals surface area contributed by atoms with Gasteiger partial charge in [0.2, 0.25) is 0 Å². The third kappa shape index (κ3) is 2.74. The van der Waals surface area contributed by atoms with Crippen molar-refractivity contribution in [1.82, 2.24) is 0 Å². The summed E-state index contributed by atoms with van der Waals surface area (Å²) in [5.74, 6) is -0.277. The van der Waals surface area contributed by atoms with Gasteiger partial charge in [0.1, 0.15) is 11.8 Å². The van der Waals surface area contributed by atoms with Crippen LogP contribution in [0.5, 0.6) is 5.75 Å². The van der Waals surface area contributed by atoms with Crippen LogP contribution in [0.25, 0.3) is 6.08 Å². The number of hydrogen-bond donors (Lipinski definition) is 1. The average Bonchev–Trinajstić information content (AvgIpc) is 2.56. The van der Waals surface area contributed by atoms with Crippen LogP contribution in [0, 0.1) is 11.3 Å². The summed E-state index contributed by atoms with van der Waals surface area (Å²) < 4.78 is 5.22. The SMILES string of the molecule is N#CC(C(=O)Oc1ccccc1)=C1C=Cc2ccccc2N1. The number of benzene rings is 2. The normalized spacial score (nSPS) is 14.3. The van der Waals surface area contributed by atoms with Gasteiger partial charge in [0.25, 0.3) is 0 Å². The molecule has 0 unspecified atom stereocenters. The van der Waals surface area contributed by atoms with Crippen molar-refractivity contribution in [2.45, 2.75) is 0 Å². The molecule has 22 heavy (non-hydrogen) atoms. The third-order valence-electron chi connectivity index (χ3n) is 3.20. The highest BCUT2D eigenvalue weighted by Gasteiger charge is 2.19. The van der Waals surface area contributed by atoms with Crippen molar-refractivity contribution in [3.05, 3.63) is 77.5 Å².